The van der Waals surface area contributed by atoms with Gasteiger partial charge in [0.2, 0.25) is 11.8 Å². The van der Waals surface area contributed by atoms with E-state index in [1.165, 1.54) is 23.1 Å². The Bertz CT molecular complexity index is 1470. The number of thioether (sulfide) groups is 1. The molecule has 0 aliphatic carbocycles. The van der Waals surface area contributed by atoms with Crippen molar-refractivity contribution in [3.63, 3.8) is 0 Å². The summed E-state index contributed by atoms with van der Waals surface area (Å²) in [6.07, 6.45) is 1.71. The first-order valence-electron chi connectivity index (χ1n) is 11.4. The highest BCUT2D eigenvalue weighted by Gasteiger charge is 2.23. The minimum Gasteiger partial charge on any atom is -0.496 e. The van der Waals surface area contributed by atoms with Gasteiger partial charge < -0.3 is 20.5 Å². The van der Waals surface area contributed by atoms with E-state index >= 15 is 0 Å². The van der Waals surface area contributed by atoms with Crippen LogP contribution >= 0.6 is 23.1 Å². The van der Waals surface area contributed by atoms with Crippen LogP contribution < -0.4 is 15.4 Å². The molecular formula is C28H23N3O5S2. The van der Waals surface area contributed by atoms with E-state index in [1.54, 1.807) is 25.3 Å². The number of anilines is 2. The minimum absolute atomic E-state index is 0.249. The van der Waals surface area contributed by atoms with Crippen molar-refractivity contribution in [3.05, 3.63) is 102 Å². The number of nitrogens with one attached hydrogen (secondary N) is 2. The van der Waals surface area contributed by atoms with Crippen molar-refractivity contribution in [1.29, 1.82) is 0 Å². The number of hydrogen-bond donors (Lipinski definition) is 3. The average Bonchev–Trinajstić information content (AvgIpc) is 3.39. The van der Waals surface area contributed by atoms with Crippen molar-refractivity contribution < 1.29 is 24.2 Å². The van der Waals surface area contributed by atoms with E-state index in [0.717, 1.165) is 28.2 Å². The van der Waals surface area contributed by atoms with Crippen LogP contribution in [0, 0.1) is 0 Å². The zero-order valence-corrected chi connectivity index (χ0v) is 21.8. The Morgan fingerprint density at radius 2 is 1.74 bits per heavy atom. The fraction of sp³-hybridized carbons (Fsp3) is 0.0714. The molecule has 38 heavy (non-hydrogen) atoms. The number of hydrogen-bond acceptors (Lipinski definition) is 7. The average molecular weight is 546 g/mol. The molecule has 1 unspecified atom stereocenters. The number of ether oxygens (including phenoxy) is 1. The highest BCUT2D eigenvalue weighted by atomic mass is 32.2. The molecule has 4 aromatic rings. The molecule has 192 valence electrons. The second-order valence-electron chi connectivity index (χ2n) is 7.82. The van der Waals surface area contributed by atoms with E-state index in [4.69, 9.17) is 9.84 Å². The number of benzene rings is 3. The number of carboxylic acids is 1. The number of aromatic nitrogens is 1. The van der Waals surface area contributed by atoms with Crippen molar-refractivity contribution in [2.75, 3.05) is 17.7 Å². The number of nitrogens with zero attached hydrogens (tertiary/aromatic N) is 1. The summed E-state index contributed by atoms with van der Waals surface area (Å²) < 4.78 is 5.43. The van der Waals surface area contributed by atoms with Gasteiger partial charge in [-0.05, 0) is 35.9 Å². The summed E-state index contributed by atoms with van der Waals surface area (Å²) in [6.45, 7) is 0. The fourth-order valence-corrected chi connectivity index (χ4v) is 5.29. The number of amides is 2. The first-order chi connectivity index (χ1) is 18.4. The van der Waals surface area contributed by atoms with Gasteiger partial charge >= 0.3 is 5.97 Å². The first-order valence-corrected chi connectivity index (χ1v) is 13.1. The summed E-state index contributed by atoms with van der Waals surface area (Å²) in [7, 11) is 1.60. The summed E-state index contributed by atoms with van der Waals surface area (Å²) in [5.41, 5.74) is 2.81. The highest BCUT2D eigenvalue weighted by Crippen LogP contribution is 2.38. The molecule has 0 bridgehead atoms. The maximum atomic E-state index is 13.5. The van der Waals surface area contributed by atoms with Crippen molar-refractivity contribution in [2.45, 2.75) is 10.1 Å². The number of rotatable bonds is 10. The number of para-hydroxylation sites is 1. The molecule has 1 aromatic heterocycles. The fourth-order valence-electron chi connectivity index (χ4n) is 3.50. The summed E-state index contributed by atoms with van der Waals surface area (Å²) in [4.78, 5) is 41.4. The lowest BCUT2D eigenvalue weighted by molar-refractivity contribution is -0.131. The van der Waals surface area contributed by atoms with Gasteiger partial charge in [-0.1, -0.05) is 48.5 Å². The van der Waals surface area contributed by atoms with Gasteiger partial charge in [0.1, 0.15) is 11.0 Å². The number of carbonyl (C=O) groups excluding carboxylic acids is 2. The van der Waals surface area contributed by atoms with Crippen LogP contribution in [0.25, 0.3) is 11.3 Å². The Morgan fingerprint density at radius 1 is 0.974 bits per heavy atom. The third kappa shape index (κ3) is 7.09. The number of aliphatic carboxylic acids is 1. The zero-order valence-electron chi connectivity index (χ0n) is 20.2. The van der Waals surface area contributed by atoms with Gasteiger partial charge in [-0.3, -0.25) is 9.59 Å². The Labute approximate surface area is 227 Å². The van der Waals surface area contributed by atoms with Gasteiger partial charge in [-0.25, -0.2) is 9.78 Å². The van der Waals surface area contributed by atoms with Crippen LogP contribution in [0.1, 0.15) is 10.8 Å². The third-order valence-corrected chi connectivity index (χ3v) is 7.20. The molecule has 3 N–H and O–H groups in total. The molecule has 0 saturated carbocycles. The zero-order chi connectivity index (χ0) is 26.9. The van der Waals surface area contributed by atoms with E-state index in [0.29, 0.717) is 22.3 Å². The lowest BCUT2D eigenvalue weighted by Crippen LogP contribution is -2.19. The molecular weight excluding hydrogens is 522 g/mol. The summed E-state index contributed by atoms with van der Waals surface area (Å²) in [5.74, 6) is -1.34. The largest absolute Gasteiger partial charge is 0.496 e. The van der Waals surface area contributed by atoms with Crippen molar-refractivity contribution in [3.8, 4) is 17.0 Å². The lowest BCUT2D eigenvalue weighted by Gasteiger charge is -2.17. The van der Waals surface area contributed by atoms with Gasteiger partial charge in [0.25, 0.3) is 0 Å². The number of thiazole rings is 1. The predicted molar refractivity (Wildman–Crippen MR) is 150 cm³/mol. The molecule has 3 aromatic carbocycles. The summed E-state index contributed by atoms with van der Waals surface area (Å²) >= 11 is 2.64. The number of methoxy groups -OCH3 is 1. The van der Waals surface area contributed by atoms with Gasteiger partial charge in [0.05, 0.1) is 12.8 Å². The van der Waals surface area contributed by atoms with Crippen LogP contribution in [0.15, 0.2) is 101 Å². The summed E-state index contributed by atoms with van der Waals surface area (Å²) in [5, 5.41) is 16.0. The maximum absolute atomic E-state index is 13.5. The van der Waals surface area contributed by atoms with Crippen molar-refractivity contribution in [1.82, 2.24) is 4.98 Å². The molecule has 0 saturated heterocycles. The Hall–Kier alpha value is -4.41. The quantitative estimate of drug-likeness (QED) is 0.168. The third-order valence-electron chi connectivity index (χ3n) is 5.19. The highest BCUT2D eigenvalue weighted by molar-refractivity contribution is 8.00. The van der Waals surface area contributed by atoms with Crippen LogP contribution in [0.5, 0.6) is 5.75 Å². The molecule has 4 rings (SSSR count). The van der Waals surface area contributed by atoms with E-state index in [-0.39, 0.29) is 5.91 Å². The van der Waals surface area contributed by atoms with Crippen molar-refractivity contribution in [2.24, 2.45) is 0 Å². The molecule has 0 radical (unpaired) electrons. The second kappa shape index (κ2) is 12.7. The second-order valence-corrected chi connectivity index (χ2v) is 9.86. The van der Waals surface area contributed by atoms with Gasteiger partial charge in [0.15, 0.2) is 5.13 Å². The monoisotopic (exact) mass is 545 g/mol. The molecule has 0 aliphatic heterocycles. The summed E-state index contributed by atoms with van der Waals surface area (Å²) in [6, 6.07) is 23.9. The van der Waals surface area contributed by atoms with E-state index in [9.17, 15) is 14.4 Å². The SMILES string of the molecule is COc1ccccc1-c1csc(NC(=O)C(Sc2cccc(NC(=O)/C=C/C(=O)O)c2)c2ccccc2)n1. The Morgan fingerprint density at radius 3 is 2.50 bits per heavy atom. The van der Waals surface area contributed by atoms with E-state index in [1.807, 2.05) is 66.0 Å². The molecule has 2 amide bonds. The maximum Gasteiger partial charge on any atom is 0.328 e. The predicted octanol–water partition coefficient (Wildman–Crippen LogP) is 5.87. The van der Waals surface area contributed by atoms with Crippen LogP contribution in [-0.2, 0) is 14.4 Å². The smallest absolute Gasteiger partial charge is 0.328 e. The van der Waals surface area contributed by atoms with E-state index in [2.05, 4.69) is 15.6 Å². The lowest BCUT2D eigenvalue weighted by atomic mass is 10.1. The molecule has 8 nitrogen and oxygen atoms in total. The minimum atomic E-state index is -1.21. The number of carboxylic acid groups (broad SMARTS) is 1. The first kappa shape index (κ1) is 26.6. The van der Waals surface area contributed by atoms with E-state index < -0.39 is 17.1 Å². The number of carbonyl (C=O) groups is 3. The molecule has 1 heterocycles. The molecule has 10 heteroatoms. The van der Waals surface area contributed by atoms with Crippen LogP contribution in [0.4, 0.5) is 10.8 Å². The van der Waals surface area contributed by atoms with Gasteiger partial charge in [-0.2, -0.15) is 0 Å². The normalized spacial score (nSPS) is 11.6. The molecule has 0 fully saturated rings. The molecule has 0 aliphatic rings. The Balaban J connectivity index is 1.53. The Kier molecular flexibility index (Phi) is 8.91. The van der Waals surface area contributed by atoms with Gasteiger partial charge in [-0.15, -0.1) is 23.1 Å². The molecule has 1 atom stereocenters. The van der Waals surface area contributed by atoms with Crippen LogP contribution in [-0.4, -0.2) is 35.0 Å². The van der Waals surface area contributed by atoms with Crippen molar-refractivity contribution >= 4 is 51.7 Å². The van der Waals surface area contributed by atoms with Crippen LogP contribution in [0.3, 0.4) is 0 Å². The van der Waals surface area contributed by atoms with Gasteiger partial charge in [0, 0.05) is 33.7 Å². The standard InChI is InChI=1S/C28H23N3O5S2/c1-36-23-13-6-5-12-21(23)22-17-37-28(30-22)31-27(35)26(18-8-3-2-4-9-18)38-20-11-7-10-19(16-20)29-24(32)14-15-25(33)34/h2-17,26H,1H3,(H,29,32)(H,33,34)(H,30,31,35)/b15-14+. The topological polar surface area (TPSA) is 118 Å². The molecule has 0 spiro atoms. The van der Waals surface area contributed by atoms with Crippen LogP contribution in [0.2, 0.25) is 0 Å².